The van der Waals surface area contributed by atoms with Gasteiger partial charge in [0.2, 0.25) is 0 Å². The van der Waals surface area contributed by atoms with Crippen LogP contribution in [0.3, 0.4) is 0 Å². The second-order valence-electron chi connectivity index (χ2n) is 12.0. The summed E-state index contributed by atoms with van der Waals surface area (Å²) in [7, 11) is 0. The molecule has 0 aliphatic carbocycles. The Balaban J connectivity index is 1.53. The number of aromatic nitrogens is 1. The number of nitrogens with zero attached hydrogens (tertiary/aromatic N) is 4. The number of nitriles is 1. The molecule has 0 bridgehead atoms. The predicted octanol–water partition coefficient (Wildman–Crippen LogP) is 6.54. The van der Waals surface area contributed by atoms with E-state index in [0.29, 0.717) is 29.4 Å². The zero-order valence-corrected chi connectivity index (χ0v) is 25.3. The average molecular weight is 622 g/mol. The summed E-state index contributed by atoms with van der Waals surface area (Å²) >= 11 is 0.855. The molecule has 1 atom stereocenters. The molecule has 0 radical (unpaired) electrons. The van der Waals surface area contributed by atoms with Crippen molar-refractivity contribution >= 4 is 55.4 Å². The fourth-order valence-electron chi connectivity index (χ4n) is 6.25. The van der Waals surface area contributed by atoms with Crippen LogP contribution < -0.4 is 5.32 Å². The molecule has 1 fully saturated rings. The third kappa shape index (κ3) is 4.79. The van der Waals surface area contributed by atoms with Crippen molar-refractivity contribution in [1.82, 2.24) is 14.4 Å². The Bertz CT molecular complexity index is 1940. The number of ether oxygens (including phenoxy) is 1. The number of thiophene rings is 1. The Kier molecular flexibility index (Phi) is 7.00. The Morgan fingerprint density at radius 2 is 1.89 bits per heavy atom. The molecule has 2 aromatic heterocycles. The van der Waals surface area contributed by atoms with Gasteiger partial charge in [0, 0.05) is 48.7 Å². The van der Waals surface area contributed by atoms with E-state index in [4.69, 9.17) is 4.74 Å². The number of piperazine rings is 1. The van der Waals surface area contributed by atoms with Crippen LogP contribution in [-0.2, 0) is 11.3 Å². The number of aryl methyl sites for hydroxylation is 2. The molecule has 2 aliphatic heterocycles. The number of rotatable bonds is 2. The maximum Gasteiger partial charge on any atom is 0.412 e. The van der Waals surface area contributed by atoms with Crippen LogP contribution in [0.4, 0.5) is 23.4 Å². The molecule has 228 valence electrons. The summed E-state index contributed by atoms with van der Waals surface area (Å²) in [5, 5.41) is 22.9. The Morgan fingerprint density at radius 1 is 1.14 bits per heavy atom. The van der Waals surface area contributed by atoms with Crippen LogP contribution in [-0.4, -0.2) is 68.8 Å². The summed E-state index contributed by atoms with van der Waals surface area (Å²) in [5.41, 5.74) is 0.863. The van der Waals surface area contributed by atoms with E-state index < -0.39 is 35.3 Å². The maximum atomic E-state index is 16.4. The topological polar surface area (TPSA) is 128 Å². The normalized spacial score (nSPS) is 16.8. The van der Waals surface area contributed by atoms with Crippen molar-refractivity contribution < 1.29 is 33.0 Å². The molecule has 2 aromatic carbocycles. The highest BCUT2D eigenvalue weighted by atomic mass is 32.1. The highest BCUT2D eigenvalue weighted by molar-refractivity contribution is 7.23. The largest absolute Gasteiger partial charge is 0.465 e. The number of hydrogen-bond acceptors (Lipinski definition) is 6. The van der Waals surface area contributed by atoms with E-state index in [9.17, 15) is 24.8 Å². The average Bonchev–Trinajstić information content (AvgIpc) is 3.47. The van der Waals surface area contributed by atoms with Gasteiger partial charge in [-0.05, 0) is 57.4 Å². The van der Waals surface area contributed by atoms with Gasteiger partial charge in [0.05, 0.1) is 27.4 Å². The fraction of sp³-hybridized carbons (Fsp3) is 0.355. The molecule has 0 saturated carbocycles. The van der Waals surface area contributed by atoms with Crippen molar-refractivity contribution in [1.29, 1.82) is 5.26 Å². The van der Waals surface area contributed by atoms with E-state index in [-0.39, 0.29) is 63.0 Å². The molecule has 44 heavy (non-hydrogen) atoms. The standard InChI is InChI=1S/C31H29F2N5O5S/c1-15-13-36-8-7-16-14-37(30(41)42)9-10-38(16)28(39)18-11-21(33)24(22(15)25(18)36)17-5-6-20(32)26-23(17)19(12-34)27(44-26)35-29(40)43-31(2,3)4/h5-6,11,13,16H,7-10,14H2,1-4H3,(H,35,40)(H,41,42)/t16-/m0/s1. The van der Waals surface area contributed by atoms with Gasteiger partial charge >= 0.3 is 12.2 Å². The number of fused-ring (bicyclic) bond motifs is 2. The van der Waals surface area contributed by atoms with Crippen LogP contribution in [0.25, 0.3) is 32.1 Å². The van der Waals surface area contributed by atoms with E-state index in [1.807, 2.05) is 10.8 Å². The SMILES string of the molecule is Cc1cn2c3c(cc(F)c(-c4ccc(F)c5sc(NC(=O)OC(C)(C)C)c(C#N)c45)c13)C(=O)N1CCN(C(=O)O)C[C@@H]1CC2. The third-order valence-electron chi connectivity index (χ3n) is 8.02. The lowest BCUT2D eigenvalue weighted by Crippen LogP contribution is -2.57. The maximum absolute atomic E-state index is 16.4. The van der Waals surface area contributed by atoms with E-state index >= 15 is 8.78 Å². The van der Waals surface area contributed by atoms with Crippen molar-refractivity contribution in [3.63, 3.8) is 0 Å². The second-order valence-corrected chi connectivity index (χ2v) is 13.0. The summed E-state index contributed by atoms with van der Waals surface area (Å²) < 4.78 is 38.9. The van der Waals surface area contributed by atoms with Crippen molar-refractivity contribution in [2.45, 2.75) is 52.3 Å². The first-order valence-corrected chi connectivity index (χ1v) is 14.9. The van der Waals surface area contributed by atoms with Gasteiger partial charge in [-0.25, -0.2) is 18.4 Å². The minimum atomic E-state index is -1.05. The lowest BCUT2D eigenvalue weighted by atomic mass is 9.92. The molecule has 2 N–H and O–H groups in total. The van der Waals surface area contributed by atoms with Crippen LogP contribution in [0.5, 0.6) is 0 Å². The van der Waals surface area contributed by atoms with Crippen LogP contribution in [0.15, 0.2) is 24.4 Å². The molecule has 10 nitrogen and oxygen atoms in total. The van der Waals surface area contributed by atoms with E-state index in [0.717, 1.165) is 11.3 Å². The lowest BCUT2D eigenvalue weighted by Gasteiger charge is -2.41. The van der Waals surface area contributed by atoms with Crippen LogP contribution >= 0.6 is 11.3 Å². The van der Waals surface area contributed by atoms with E-state index in [2.05, 4.69) is 11.4 Å². The van der Waals surface area contributed by atoms with Crippen molar-refractivity contribution in [2.75, 3.05) is 25.0 Å². The zero-order chi connectivity index (χ0) is 31.7. The minimum absolute atomic E-state index is 0.0320. The minimum Gasteiger partial charge on any atom is -0.465 e. The molecular weight excluding hydrogens is 592 g/mol. The van der Waals surface area contributed by atoms with Gasteiger partial charge in [-0.15, -0.1) is 11.3 Å². The number of hydrogen-bond donors (Lipinski definition) is 2. The highest BCUT2D eigenvalue weighted by Gasteiger charge is 2.37. The number of halogens is 2. The number of anilines is 1. The first-order valence-electron chi connectivity index (χ1n) is 14.0. The fourth-order valence-corrected chi connectivity index (χ4v) is 7.31. The monoisotopic (exact) mass is 621 g/mol. The van der Waals surface area contributed by atoms with E-state index in [1.165, 1.54) is 23.1 Å². The van der Waals surface area contributed by atoms with E-state index in [1.54, 1.807) is 32.6 Å². The first kappa shape index (κ1) is 29.4. The molecule has 1 saturated heterocycles. The van der Waals surface area contributed by atoms with Gasteiger partial charge < -0.3 is 24.2 Å². The summed E-state index contributed by atoms with van der Waals surface area (Å²) in [6, 6.07) is 5.47. The number of carbonyl (C=O) groups is 3. The molecule has 0 spiro atoms. The number of nitrogens with one attached hydrogen (secondary N) is 1. The second kappa shape index (κ2) is 10.5. The number of amides is 3. The molecule has 0 unspecified atom stereocenters. The van der Waals surface area contributed by atoms with Gasteiger partial charge in [-0.1, -0.05) is 6.07 Å². The predicted molar refractivity (Wildman–Crippen MR) is 161 cm³/mol. The molecule has 6 rings (SSSR count). The Hall–Kier alpha value is -4.70. The molecule has 4 aromatic rings. The Labute approximate surface area is 255 Å². The molecule has 4 heterocycles. The first-order chi connectivity index (χ1) is 20.8. The number of benzene rings is 2. The molecule has 13 heteroatoms. The van der Waals surface area contributed by atoms with Gasteiger partial charge in [-0.2, -0.15) is 5.26 Å². The third-order valence-corrected chi connectivity index (χ3v) is 9.13. The van der Waals surface area contributed by atoms with Gasteiger partial charge in [-0.3, -0.25) is 10.1 Å². The zero-order valence-electron chi connectivity index (χ0n) is 24.5. The smallest absolute Gasteiger partial charge is 0.412 e. The van der Waals surface area contributed by atoms with Gasteiger partial charge in [0.25, 0.3) is 5.91 Å². The van der Waals surface area contributed by atoms with Crippen molar-refractivity contribution in [3.05, 3.63) is 52.7 Å². The summed E-state index contributed by atoms with van der Waals surface area (Å²) in [4.78, 5) is 41.0. The number of carbonyl (C=O) groups excluding carboxylic acids is 2. The van der Waals surface area contributed by atoms with Crippen molar-refractivity contribution in [3.8, 4) is 17.2 Å². The van der Waals surface area contributed by atoms with Crippen LogP contribution in [0.2, 0.25) is 0 Å². The summed E-state index contributed by atoms with van der Waals surface area (Å²) in [6.45, 7) is 7.82. The Morgan fingerprint density at radius 3 is 2.57 bits per heavy atom. The highest BCUT2D eigenvalue weighted by Crippen LogP contribution is 2.46. The van der Waals surface area contributed by atoms with Gasteiger partial charge in [0.15, 0.2) is 0 Å². The summed E-state index contributed by atoms with van der Waals surface area (Å²) in [6.07, 6.45) is 0.458. The van der Waals surface area contributed by atoms with Gasteiger partial charge in [0.1, 0.15) is 28.3 Å². The molecular formula is C31H29F2N5O5S. The molecule has 3 amide bonds. The van der Waals surface area contributed by atoms with Crippen LogP contribution in [0.1, 0.15) is 48.7 Å². The summed E-state index contributed by atoms with van der Waals surface area (Å²) in [5.74, 6) is -1.76. The van der Waals surface area contributed by atoms with Crippen molar-refractivity contribution in [2.24, 2.45) is 0 Å². The molecule has 2 aliphatic rings. The quantitative estimate of drug-likeness (QED) is 0.262. The number of carboxylic acid groups (broad SMARTS) is 1. The lowest BCUT2D eigenvalue weighted by molar-refractivity contribution is 0.0420. The van der Waals surface area contributed by atoms with Crippen LogP contribution in [0, 0.1) is 29.9 Å².